The van der Waals surface area contributed by atoms with Gasteiger partial charge in [0.2, 0.25) is 0 Å². The summed E-state index contributed by atoms with van der Waals surface area (Å²) in [4.78, 5) is 31.0. The largest absolute Gasteiger partial charge is 0.457 e. The van der Waals surface area contributed by atoms with Crippen molar-refractivity contribution in [1.29, 1.82) is 0 Å². The zero-order valence-corrected chi connectivity index (χ0v) is 21.8. The maximum absolute atomic E-state index is 13.2. The second-order valence-corrected chi connectivity index (χ2v) is 9.99. The summed E-state index contributed by atoms with van der Waals surface area (Å²) in [5.74, 6) is 1.67. The smallest absolute Gasteiger partial charge is 0.261 e. The van der Waals surface area contributed by atoms with Crippen molar-refractivity contribution in [3.63, 3.8) is 0 Å². The molecular formula is C29H31N7O2. The minimum absolute atomic E-state index is 0.299. The molecular weight excluding hydrogens is 478 g/mol. The van der Waals surface area contributed by atoms with Gasteiger partial charge in [-0.05, 0) is 49.5 Å². The molecule has 1 saturated heterocycles. The average Bonchev–Trinajstić information content (AvgIpc) is 3.32. The van der Waals surface area contributed by atoms with Gasteiger partial charge in [-0.25, -0.2) is 4.98 Å². The molecule has 0 aliphatic carbocycles. The van der Waals surface area contributed by atoms with E-state index in [1.807, 2.05) is 67.5 Å². The van der Waals surface area contributed by atoms with Gasteiger partial charge in [0.25, 0.3) is 5.56 Å². The molecule has 6 rings (SSSR count). The first-order valence-corrected chi connectivity index (χ1v) is 12.7. The molecule has 9 heteroatoms. The van der Waals surface area contributed by atoms with E-state index >= 15 is 0 Å². The zero-order chi connectivity index (χ0) is 26.4. The van der Waals surface area contributed by atoms with Gasteiger partial charge in [0.1, 0.15) is 22.9 Å². The number of nitrogens with two attached hydrogens (primary N) is 1. The number of benzene rings is 3. The van der Waals surface area contributed by atoms with Gasteiger partial charge >= 0.3 is 0 Å². The summed E-state index contributed by atoms with van der Waals surface area (Å²) in [6.45, 7) is 4.00. The van der Waals surface area contributed by atoms with Crippen molar-refractivity contribution in [2.45, 2.75) is 0 Å². The van der Waals surface area contributed by atoms with E-state index in [1.165, 1.54) is 0 Å². The molecule has 5 aromatic rings. The van der Waals surface area contributed by atoms with Crippen LogP contribution in [0.5, 0.6) is 11.5 Å². The Labute approximate surface area is 220 Å². The fraction of sp³-hybridized carbons (Fsp3) is 0.241. The van der Waals surface area contributed by atoms with Crippen LogP contribution in [-0.2, 0) is 0 Å². The van der Waals surface area contributed by atoms with Crippen LogP contribution < -0.4 is 25.8 Å². The summed E-state index contributed by atoms with van der Waals surface area (Å²) in [7, 11) is 6.10. The van der Waals surface area contributed by atoms with Crippen LogP contribution in [0.3, 0.4) is 0 Å². The highest BCUT2D eigenvalue weighted by molar-refractivity contribution is 6.01. The van der Waals surface area contributed by atoms with E-state index in [2.05, 4.69) is 38.9 Å². The highest BCUT2D eigenvalue weighted by atomic mass is 16.5. The molecule has 0 unspecified atom stereocenters. The quantitative estimate of drug-likeness (QED) is 0.325. The van der Waals surface area contributed by atoms with Crippen molar-refractivity contribution in [1.82, 2.24) is 19.9 Å². The van der Waals surface area contributed by atoms with Gasteiger partial charge in [-0.1, -0.05) is 12.1 Å². The molecule has 0 bridgehead atoms. The molecule has 3 aromatic carbocycles. The van der Waals surface area contributed by atoms with E-state index in [0.29, 0.717) is 39.5 Å². The van der Waals surface area contributed by atoms with Crippen molar-refractivity contribution < 1.29 is 4.74 Å². The van der Waals surface area contributed by atoms with Crippen LogP contribution in [0.1, 0.15) is 0 Å². The highest BCUT2D eigenvalue weighted by Gasteiger charge is 2.20. The molecule has 4 N–H and O–H groups in total. The summed E-state index contributed by atoms with van der Waals surface area (Å²) in [6.07, 6.45) is 0. The first-order valence-electron chi connectivity index (χ1n) is 12.7. The maximum Gasteiger partial charge on any atom is 0.261 e. The van der Waals surface area contributed by atoms with Crippen molar-refractivity contribution in [3.05, 3.63) is 71.0 Å². The monoisotopic (exact) mass is 509 g/mol. The lowest BCUT2D eigenvalue weighted by molar-refractivity contribution is 0.313. The van der Waals surface area contributed by atoms with Crippen LogP contribution in [-0.4, -0.2) is 67.2 Å². The van der Waals surface area contributed by atoms with Crippen LogP contribution in [0.15, 0.2) is 65.5 Å². The van der Waals surface area contributed by atoms with Crippen molar-refractivity contribution in [2.75, 3.05) is 62.9 Å². The molecule has 1 aliphatic rings. The molecule has 0 radical (unpaired) electrons. The number of aromatic nitrogens is 3. The number of ether oxygens (including phenoxy) is 1. The number of hydrogen-bond donors (Lipinski definition) is 3. The number of H-pyrrole nitrogens is 2. The number of imidazole rings is 1. The number of nitrogen functional groups attached to an aromatic ring is 1. The van der Waals surface area contributed by atoms with E-state index in [9.17, 15) is 4.79 Å². The van der Waals surface area contributed by atoms with Crippen molar-refractivity contribution >= 4 is 39.0 Å². The Bertz CT molecular complexity index is 1700. The third-order valence-corrected chi connectivity index (χ3v) is 7.17. The number of hydrogen-bond acceptors (Lipinski definition) is 7. The molecule has 9 nitrogen and oxygen atoms in total. The number of aromatic amines is 2. The summed E-state index contributed by atoms with van der Waals surface area (Å²) < 4.78 is 6.28. The van der Waals surface area contributed by atoms with E-state index in [0.717, 1.165) is 48.6 Å². The zero-order valence-electron chi connectivity index (χ0n) is 21.8. The predicted molar refractivity (Wildman–Crippen MR) is 155 cm³/mol. The van der Waals surface area contributed by atoms with Gasteiger partial charge < -0.3 is 35.1 Å². The molecule has 0 amide bonds. The third-order valence-electron chi connectivity index (χ3n) is 7.17. The lowest BCUT2D eigenvalue weighted by Gasteiger charge is -2.34. The van der Waals surface area contributed by atoms with Crippen LogP contribution >= 0.6 is 0 Å². The van der Waals surface area contributed by atoms with Crippen LogP contribution in [0.4, 0.5) is 17.1 Å². The number of piperazine rings is 1. The fourth-order valence-electron chi connectivity index (χ4n) is 4.99. The lowest BCUT2D eigenvalue weighted by Crippen LogP contribution is -2.44. The second kappa shape index (κ2) is 9.42. The normalized spacial score (nSPS) is 14.3. The molecule has 2 aromatic heterocycles. The van der Waals surface area contributed by atoms with Gasteiger partial charge in [-0.2, -0.15) is 0 Å². The number of pyridine rings is 1. The van der Waals surface area contributed by atoms with Gasteiger partial charge in [-0.15, -0.1) is 0 Å². The Kier molecular flexibility index (Phi) is 5.92. The molecule has 1 fully saturated rings. The molecule has 38 heavy (non-hydrogen) atoms. The van der Waals surface area contributed by atoms with Gasteiger partial charge in [-0.3, -0.25) is 4.79 Å². The molecule has 194 valence electrons. The minimum atomic E-state index is -0.305. The van der Waals surface area contributed by atoms with Crippen LogP contribution in [0.2, 0.25) is 0 Å². The Hall–Kier alpha value is -4.50. The molecule has 0 spiro atoms. The average molecular weight is 510 g/mol. The standard InChI is InChI=1S/C29H31N7O2/c1-34(2)18-6-4-7-20(16-18)38-24-9-5-8-22-25(24)27(30)26(29(37)33-22)28-31-21-11-10-19(17-23(21)32-28)36-14-12-35(3)13-15-36/h4-11,16-17H,12-15H2,1-3H3,(H,31,32)(H3,30,33,37). The Morgan fingerprint density at radius 3 is 2.53 bits per heavy atom. The maximum atomic E-state index is 13.2. The Morgan fingerprint density at radius 1 is 0.947 bits per heavy atom. The molecule has 0 atom stereocenters. The highest BCUT2D eigenvalue weighted by Crippen LogP contribution is 2.37. The van der Waals surface area contributed by atoms with Crippen molar-refractivity contribution in [2.24, 2.45) is 0 Å². The van der Waals surface area contributed by atoms with Crippen LogP contribution in [0, 0.1) is 0 Å². The van der Waals surface area contributed by atoms with Gasteiger partial charge in [0.15, 0.2) is 0 Å². The van der Waals surface area contributed by atoms with E-state index in [-0.39, 0.29) is 5.56 Å². The first kappa shape index (κ1) is 23.9. The van der Waals surface area contributed by atoms with E-state index < -0.39 is 0 Å². The number of rotatable bonds is 5. The fourth-order valence-corrected chi connectivity index (χ4v) is 4.99. The predicted octanol–water partition coefficient (Wildman–Crippen LogP) is 4.26. The number of fused-ring (bicyclic) bond motifs is 2. The SMILES string of the molecule is CN1CCN(c2ccc3nc(-c4c(N)c5c(Oc6cccc(N(C)C)c6)cccc5[nH]c4=O)[nH]c3c2)CC1. The van der Waals surface area contributed by atoms with Gasteiger partial charge in [0.05, 0.1) is 27.6 Å². The first-order chi connectivity index (χ1) is 18.4. The van der Waals surface area contributed by atoms with Gasteiger partial charge in [0, 0.05) is 57.7 Å². The molecule has 3 heterocycles. The number of nitrogens with one attached hydrogen (secondary N) is 2. The Morgan fingerprint density at radius 2 is 1.74 bits per heavy atom. The van der Waals surface area contributed by atoms with Crippen molar-refractivity contribution in [3.8, 4) is 22.9 Å². The Balaban J connectivity index is 1.41. The number of likely N-dealkylation sites (N-methyl/N-ethyl adjacent to an activating group) is 1. The topological polar surface area (TPSA) is 107 Å². The third kappa shape index (κ3) is 4.31. The van der Waals surface area contributed by atoms with E-state index in [4.69, 9.17) is 15.5 Å². The van der Waals surface area contributed by atoms with Crippen LogP contribution in [0.25, 0.3) is 33.3 Å². The number of nitrogens with zero attached hydrogens (tertiary/aromatic N) is 4. The lowest BCUT2D eigenvalue weighted by atomic mass is 10.1. The minimum Gasteiger partial charge on any atom is -0.457 e. The van der Waals surface area contributed by atoms with E-state index in [1.54, 1.807) is 0 Å². The summed E-state index contributed by atoms with van der Waals surface area (Å²) in [5, 5.41) is 0.635. The second-order valence-electron chi connectivity index (χ2n) is 9.99. The molecule has 1 aliphatic heterocycles. The summed E-state index contributed by atoms with van der Waals surface area (Å²) in [6, 6.07) is 19.5. The molecule has 0 saturated carbocycles. The number of anilines is 3. The summed E-state index contributed by atoms with van der Waals surface area (Å²) >= 11 is 0. The summed E-state index contributed by atoms with van der Waals surface area (Å²) in [5.41, 5.74) is 11.4.